The molecule has 0 aliphatic carbocycles. The summed E-state index contributed by atoms with van der Waals surface area (Å²) in [5, 5.41) is 2.57. The van der Waals surface area contributed by atoms with Crippen molar-refractivity contribution in [3.05, 3.63) is 58.2 Å². The second-order valence-corrected chi connectivity index (χ2v) is 7.06. The van der Waals surface area contributed by atoms with Gasteiger partial charge < -0.3 is 10.3 Å². The van der Waals surface area contributed by atoms with E-state index in [0.29, 0.717) is 22.4 Å². The minimum atomic E-state index is -1.39. The molecule has 0 saturated carbocycles. The topological polar surface area (TPSA) is 99.3 Å². The van der Waals surface area contributed by atoms with Gasteiger partial charge in [-0.15, -0.1) is 0 Å². The molecular formula is C20H20FN3O4. The molecule has 3 amide bonds. The zero-order valence-corrected chi connectivity index (χ0v) is 16.0. The summed E-state index contributed by atoms with van der Waals surface area (Å²) in [5.41, 5.74) is 0.685. The molecule has 1 saturated heterocycles. The number of hydrogen-bond acceptors (Lipinski definition) is 4. The van der Waals surface area contributed by atoms with Gasteiger partial charge >= 0.3 is 6.03 Å². The normalized spacial score (nSPS) is 19.1. The van der Waals surface area contributed by atoms with Crippen molar-refractivity contribution in [2.24, 2.45) is 0 Å². The summed E-state index contributed by atoms with van der Waals surface area (Å²) >= 11 is 0. The molecule has 28 heavy (non-hydrogen) atoms. The molecule has 0 spiro atoms. The Morgan fingerprint density at radius 3 is 2.29 bits per heavy atom. The Balaban J connectivity index is 1.87. The number of carbonyl (C=O) groups is 4. The fraction of sp³-hybridized carbons (Fsp3) is 0.300. The molecule has 146 valence electrons. The molecule has 1 aromatic heterocycles. The number of nitrogens with one attached hydrogen (secondary N) is 2. The number of imide groups is 1. The lowest BCUT2D eigenvalue weighted by molar-refractivity contribution is -0.130. The van der Waals surface area contributed by atoms with Gasteiger partial charge in [0.25, 0.3) is 5.91 Å². The second-order valence-electron chi connectivity index (χ2n) is 7.06. The Kier molecular flexibility index (Phi) is 4.66. The first-order valence-corrected chi connectivity index (χ1v) is 8.69. The van der Waals surface area contributed by atoms with E-state index in [9.17, 15) is 23.6 Å². The Morgan fingerprint density at radius 1 is 1.14 bits per heavy atom. The van der Waals surface area contributed by atoms with Gasteiger partial charge in [-0.1, -0.05) is 12.1 Å². The fourth-order valence-corrected chi connectivity index (χ4v) is 3.60. The average Bonchev–Trinajstić information content (AvgIpc) is 3.03. The number of aromatic amines is 1. The van der Waals surface area contributed by atoms with Gasteiger partial charge in [0, 0.05) is 11.3 Å². The number of benzene rings is 1. The standard InChI is InChI=1S/C20H20FN3O4/c1-10-16(12(3)25)11(2)22-17(10)15(26)9-24-18(27)20(4,23-19(24)28)13-5-7-14(21)8-6-13/h5-8,22H,9H2,1-4H3,(H,23,28). The van der Waals surface area contributed by atoms with Gasteiger partial charge in [0.1, 0.15) is 11.4 Å². The van der Waals surface area contributed by atoms with Crippen LogP contribution in [0.3, 0.4) is 0 Å². The number of halogens is 1. The lowest BCUT2D eigenvalue weighted by Gasteiger charge is -2.22. The number of aromatic nitrogens is 1. The van der Waals surface area contributed by atoms with Crippen LogP contribution in [-0.4, -0.2) is 39.9 Å². The largest absolute Gasteiger partial charge is 0.355 e. The lowest BCUT2D eigenvalue weighted by atomic mass is 9.92. The fourth-order valence-electron chi connectivity index (χ4n) is 3.60. The second kappa shape index (κ2) is 6.70. The number of hydrogen-bond donors (Lipinski definition) is 2. The number of H-pyrrole nitrogens is 1. The number of nitrogens with zero attached hydrogens (tertiary/aromatic N) is 1. The number of ketones is 2. The summed E-state index contributed by atoms with van der Waals surface area (Å²) in [7, 11) is 0. The molecule has 0 bridgehead atoms. The highest BCUT2D eigenvalue weighted by molar-refractivity contribution is 6.12. The predicted molar refractivity (Wildman–Crippen MR) is 98.6 cm³/mol. The number of amides is 3. The first-order valence-electron chi connectivity index (χ1n) is 8.69. The van der Waals surface area contributed by atoms with Gasteiger partial charge in [-0.3, -0.25) is 19.3 Å². The highest BCUT2D eigenvalue weighted by Gasteiger charge is 2.49. The summed E-state index contributed by atoms with van der Waals surface area (Å²) in [4.78, 5) is 53.4. The molecule has 2 N–H and O–H groups in total. The van der Waals surface area contributed by atoms with Crippen LogP contribution in [0.15, 0.2) is 24.3 Å². The van der Waals surface area contributed by atoms with Gasteiger partial charge in [0.2, 0.25) is 0 Å². The minimum absolute atomic E-state index is 0.177. The van der Waals surface area contributed by atoms with E-state index in [1.807, 2.05) is 0 Å². The first-order chi connectivity index (χ1) is 13.1. The van der Waals surface area contributed by atoms with E-state index in [1.54, 1.807) is 13.8 Å². The minimum Gasteiger partial charge on any atom is -0.355 e. The highest BCUT2D eigenvalue weighted by Crippen LogP contribution is 2.29. The molecular weight excluding hydrogens is 365 g/mol. The summed E-state index contributed by atoms with van der Waals surface area (Å²) in [6.07, 6.45) is 0. The third kappa shape index (κ3) is 3.00. The summed E-state index contributed by atoms with van der Waals surface area (Å²) in [6.45, 7) is 5.76. The van der Waals surface area contributed by atoms with Crippen molar-refractivity contribution in [3.8, 4) is 0 Å². The highest BCUT2D eigenvalue weighted by atomic mass is 19.1. The van der Waals surface area contributed by atoms with Gasteiger partial charge in [-0.2, -0.15) is 0 Å². The van der Waals surface area contributed by atoms with E-state index in [0.717, 1.165) is 4.90 Å². The molecule has 1 unspecified atom stereocenters. The zero-order valence-electron chi connectivity index (χ0n) is 16.0. The Morgan fingerprint density at radius 2 is 1.75 bits per heavy atom. The molecule has 8 heteroatoms. The van der Waals surface area contributed by atoms with E-state index < -0.39 is 35.6 Å². The number of aryl methyl sites for hydroxylation is 1. The SMILES string of the molecule is CC(=O)c1c(C)[nH]c(C(=O)CN2C(=O)NC(C)(c3ccc(F)cc3)C2=O)c1C. The van der Waals surface area contributed by atoms with E-state index >= 15 is 0 Å². The predicted octanol–water partition coefficient (Wildman–Crippen LogP) is 2.62. The maximum absolute atomic E-state index is 13.2. The average molecular weight is 385 g/mol. The maximum atomic E-state index is 13.2. The Bertz CT molecular complexity index is 1010. The first kappa shape index (κ1) is 19.5. The zero-order chi connectivity index (χ0) is 20.8. The molecule has 1 fully saturated rings. The van der Waals surface area contributed by atoms with E-state index in [1.165, 1.54) is 38.1 Å². The number of carbonyl (C=O) groups excluding carboxylic acids is 4. The molecule has 1 atom stereocenters. The van der Waals surface area contributed by atoms with Gasteiger partial charge in [-0.05, 0) is 51.0 Å². The van der Waals surface area contributed by atoms with Crippen LogP contribution < -0.4 is 5.32 Å². The molecule has 3 rings (SSSR count). The molecule has 7 nitrogen and oxygen atoms in total. The van der Waals surface area contributed by atoms with Crippen LogP contribution in [0.2, 0.25) is 0 Å². The number of Topliss-reactive ketones (excluding diaryl/α,β-unsaturated/α-hetero) is 2. The van der Waals surface area contributed by atoms with Crippen molar-refractivity contribution in [2.75, 3.05) is 6.54 Å². The Labute approximate surface area is 160 Å². The van der Waals surface area contributed by atoms with Crippen molar-refractivity contribution in [1.82, 2.24) is 15.2 Å². The van der Waals surface area contributed by atoms with Crippen molar-refractivity contribution < 1.29 is 23.6 Å². The maximum Gasteiger partial charge on any atom is 0.325 e. The quantitative estimate of drug-likeness (QED) is 0.610. The van der Waals surface area contributed by atoms with Crippen LogP contribution in [0.1, 0.15) is 51.5 Å². The number of urea groups is 1. The van der Waals surface area contributed by atoms with Gasteiger partial charge in [0.15, 0.2) is 11.6 Å². The van der Waals surface area contributed by atoms with E-state index in [-0.39, 0.29) is 11.5 Å². The smallest absolute Gasteiger partial charge is 0.325 e. The molecule has 1 aliphatic rings. The van der Waals surface area contributed by atoms with Crippen LogP contribution >= 0.6 is 0 Å². The van der Waals surface area contributed by atoms with E-state index in [4.69, 9.17) is 0 Å². The summed E-state index contributed by atoms with van der Waals surface area (Å²) < 4.78 is 13.2. The molecule has 2 heterocycles. The Hall–Kier alpha value is -3.29. The molecule has 1 aliphatic heterocycles. The monoisotopic (exact) mass is 385 g/mol. The van der Waals surface area contributed by atoms with Crippen molar-refractivity contribution in [1.29, 1.82) is 0 Å². The molecule has 2 aromatic rings. The van der Waals surface area contributed by atoms with Crippen molar-refractivity contribution >= 4 is 23.5 Å². The van der Waals surface area contributed by atoms with Crippen LogP contribution in [-0.2, 0) is 10.3 Å². The molecule has 0 radical (unpaired) electrons. The van der Waals surface area contributed by atoms with Gasteiger partial charge in [-0.25, -0.2) is 9.18 Å². The third-order valence-electron chi connectivity index (χ3n) is 5.07. The van der Waals surface area contributed by atoms with E-state index in [2.05, 4.69) is 10.3 Å². The molecule has 1 aromatic carbocycles. The third-order valence-corrected chi connectivity index (χ3v) is 5.07. The summed E-state index contributed by atoms with van der Waals surface area (Å²) in [6, 6.07) is 4.51. The van der Waals surface area contributed by atoms with Crippen LogP contribution in [0.4, 0.5) is 9.18 Å². The van der Waals surface area contributed by atoms with Crippen molar-refractivity contribution in [2.45, 2.75) is 33.2 Å². The van der Waals surface area contributed by atoms with Crippen LogP contribution in [0.5, 0.6) is 0 Å². The summed E-state index contributed by atoms with van der Waals surface area (Å²) in [5.74, 6) is -1.73. The van der Waals surface area contributed by atoms with Crippen LogP contribution in [0.25, 0.3) is 0 Å². The van der Waals surface area contributed by atoms with Gasteiger partial charge in [0.05, 0.1) is 12.2 Å². The van der Waals surface area contributed by atoms with Crippen LogP contribution in [0, 0.1) is 19.7 Å². The van der Waals surface area contributed by atoms with Crippen molar-refractivity contribution in [3.63, 3.8) is 0 Å². The number of rotatable bonds is 5. The lowest BCUT2D eigenvalue weighted by Crippen LogP contribution is -2.41.